The quantitative estimate of drug-likeness (QED) is 0.597. The zero-order valence-corrected chi connectivity index (χ0v) is 11.4. The van der Waals surface area contributed by atoms with Gasteiger partial charge in [-0.3, -0.25) is 4.79 Å². The van der Waals surface area contributed by atoms with Gasteiger partial charge in [0.05, 0.1) is 13.4 Å². The van der Waals surface area contributed by atoms with E-state index in [1.165, 1.54) is 25.6 Å². The molecule has 0 aliphatic heterocycles. The second-order valence-electron chi connectivity index (χ2n) is 4.49. The highest BCUT2D eigenvalue weighted by Crippen LogP contribution is 2.36. The number of imidazole rings is 1. The van der Waals surface area contributed by atoms with Crippen LogP contribution in [0, 0.1) is 0 Å². The van der Waals surface area contributed by atoms with Gasteiger partial charge in [0.15, 0.2) is 0 Å². The molecule has 0 amide bonds. The van der Waals surface area contributed by atoms with Crippen molar-refractivity contribution in [2.75, 3.05) is 12.9 Å². The number of thioether (sulfide) groups is 1. The van der Waals surface area contributed by atoms with Crippen molar-refractivity contribution in [1.82, 2.24) is 9.55 Å². The summed E-state index contributed by atoms with van der Waals surface area (Å²) in [5, 5.41) is 0. The third-order valence-corrected chi connectivity index (χ3v) is 4.04. The van der Waals surface area contributed by atoms with Crippen LogP contribution in [0.2, 0.25) is 0 Å². The fraction of sp³-hybridized carbons (Fsp3) is 0.667. The van der Waals surface area contributed by atoms with Crippen molar-refractivity contribution in [3.8, 4) is 0 Å². The summed E-state index contributed by atoms with van der Waals surface area (Å²) in [5.41, 5.74) is 6.93. The summed E-state index contributed by atoms with van der Waals surface area (Å²) >= 11 is 1.78. The summed E-state index contributed by atoms with van der Waals surface area (Å²) < 4.78 is 6.84. The predicted octanol–water partition coefficient (Wildman–Crippen LogP) is 1.34. The van der Waals surface area contributed by atoms with Gasteiger partial charge in [0, 0.05) is 23.7 Å². The third-order valence-electron chi connectivity index (χ3n) is 3.01. The molecule has 0 bridgehead atoms. The Labute approximate surface area is 111 Å². The van der Waals surface area contributed by atoms with Crippen molar-refractivity contribution in [2.45, 2.75) is 37.1 Å². The summed E-state index contributed by atoms with van der Waals surface area (Å²) in [6.45, 7) is 0. The normalized spacial score (nSPS) is 16.6. The van der Waals surface area contributed by atoms with Crippen molar-refractivity contribution in [3.63, 3.8) is 0 Å². The van der Waals surface area contributed by atoms with Gasteiger partial charge in [-0.2, -0.15) is 11.8 Å². The topological polar surface area (TPSA) is 70.1 Å². The highest BCUT2D eigenvalue weighted by Gasteiger charge is 2.25. The van der Waals surface area contributed by atoms with Crippen molar-refractivity contribution in [2.24, 2.45) is 5.73 Å². The molecule has 1 heterocycles. The fourth-order valence-corrected chi connectivity index (χ4v) is 2.78. The number of rotatable bonds is 7. The Balaban J connectivity index is 1.69. The van der Waals surface area contributed by atoms with E-state index >= 15 is 0 Å². The molecule has 100 valence electrons. The molecule has 1 fully saturated rings. The second kappa shape index (κ2) is 6.24. The number of carbonyl (C=O) groups is 1. The predicted molar refractivity (Wildman–Crippen MR) is 71.3 cm³/mol. The number of methoxy groups -OCH3 is 1. The lowest BCUT2D eigenvalue weighted by Crippen LogP contribution is -2.31. The van der Waals surface area contributed by atoms with E-state index in [1.807, 2.05) is 12.5 Å². The molecule has 6 heteroatoms. The van der Waals surface area contributed by atoms with Crippen molar-refractivity contribution in [1.29, 1.82) is 0 Å². The highest BCUT2D eigenvalue weighted by atomic mass is 32.2. The largest absolute Gasteiger partial charge is 0.468 e. The lowest BCUT2D eigenvalue weighted by atomic mass is 10.2. The minimum absolute atomic E-state index is 0.335. The van der Waals surface area contributed by atoms with E-state index in [4.69, 9.17) is 5.73 Å². The van der Waals surface area contributed by atoms with Gasteiger partial charge in [-0.25, -0.2) is 4.98 Å². The number of carbonyl (C=O) groups excluding carboxylic acids is 1. The van der Waals surface area contributed by atoms with Crippen LogP contribution in [0.1, 0.15) is 31.0 Å². The van der Waals surface area contributed by atoms with E-state index in [-0.39, 0.29) is 5.97 Å². The van der Waals surface area contributed by atoms with E-state index in [0.717, 1.165) is 11.5 Å². The number of aromatic nitrogens is 2. The summed E-state index contributed by atoms with van der Waals surface area (Å²) in [5.74, 6) is 1.44. The molecule has 0 saturated heterocycles. The van der Waals surface area contributed by atoms with E-state index in [0.29, 0.717) is 12.5 Å². The summed E-state index contributed by atoms with van der Waals surface area (Å²) in [6.07, 6.45) is 7.01. The van der Waals surface area contributed by atoms with Crippen LogP contribution in [0.4, 0.5) is 0 Å². The highest BCUT2D eigenvalue weighted by molar-refractivity contribution is 7.98. The van der Waals surface area contributed by atoms with Crippen LogP contribution < -0.4 is 5.73 Å². The van der Waals surface area contributed by atoms with Crippen LogP contribution in [0.25, 0.3) is 0 Å². The van der Waals surface area contributed by atoms with Gasteiger partial charge in [0.25, 0.3) is 0 Å². The maximum atomic E-state index is 11.1. The molecule has 0 aromatic carbocycles. The van der Waals surface area contributed by atoms with E-state index in [1.54, 1.807) is 11.8 Å². The molecule has 1 aliphatic carbocycles. The first-order valence-corrected chi connectivity index (χ1v) is 7.29. The molecule has 1 aromatic rings. The van der Waals surface area contributed by atoms with E-state index < -0.39 is 6.04 Å². The number of nitrogens with zero attached hydrogens (tertiary/aromatic N) is 2. The van der Waals surface area contributed by atoms with Crippen LogP contribution in [-0.4, -0.2) is 34.4 Å². The molecule has 5 nitrogen and oxygen atoms in total. The maximum Gasteiger partial charge on any atom is 0.322 e. The third kappa shape index (κ3) is 3.49. The molecule has 0 radical (unpaired) electrons. The molecule has 2 N–H and O–H groups in total. The Morgan fingerprint density at radius 1 is 1.72 bits per heavy atom. The molecule has 2 rings (SSSR count). The monoisotopic (exact) mass is 269 g/mol. The molecular weight excluding hydrogens is 250 g/mol. The Morgan fingerprint density at radius 2 is 2.50 bits per heavy atom. The minimum Gasteiger partial charge on any atom is -0.468 e. The number of hydrogen-bond donors (Lipinski definition) is 1. The summed E-state index contributed by atoms with van der Waals surface area (Å²) in [4.78, 5) is 15.3. The van der Waals surface area contributed by atoms with Crippen LogP contribution in [0.3, 0.4) is 0 Å². The standard InChI is InChI=1S/C12H19N3O2S/c1-17-12(16)11(13)4-5-18-7-10-6-14-8-15(10)9-2-3-9/h6,8-9,11H,2-5,7,13H2,1H3. The van der Waals surface area contributed by atoms with Gasteiger partial charge >= 0.3 is 5.97 Å². The SMILES string of the molecule is COC(=O)C(N)CCSCc1cncn1C1CC1. The first-order chi connectivity index (χ1) is 8.72. The zero-order chi connectivity index (χ0) is 13.0. The average molecular weight is 269 g/mol. The molecule has 18 heavy (non-hydrogen) atoms. The molecule has 1 unspecified atom stereocenters. The molecule has 0 spiro atoms. The first kappa shape index (κ1) is 13.4. The van der Waals surface area contributed by atoms with E-state index in [9.17, 15) is 4.79 Å². The number of nitrogens with two attached hydrogens (primary N) is 1. The van der Waals surface area contributed by atoms with Gasteiger partial charge in [0.1, 0.15) is 6.04 Å². The Bertz CT molecular complexity index is 404. The van der Waals surface area contributed by atoms with Crippen LogP contribution in [0.5, 0.6) is 0 Å². The number of esters is 1. The smallest absolute Gasteiger partial charge is 0.322 e. The molecular formula is C12H19N3O2S. The fourth-order valence-electron chi connectivity index (χ4n) is 1.78. The lowest BCUT2D eigenvalue weighted by molar-refractivity contribution is -0.142. The Hall–Kier alpha value is -1.01. The lowest BCUT2D eigenvalue weighted by Gasteiger charge is -2.09. The zero-order valence-electron chi connectivity index (χ0n) is 10.5. The molecule has 1 atom stereocenters. The Kier molecular flexibility index (Phi) is 4.66. The Morgan fingerprint density at radius 3 is 3.17 bits per heavy atom. The maximum absolute atomic E-state index is 11.1. The second-order valence-corrected chi connectivity index (χ2v) is 5.60. The minimum atomic E-state index is -0.504. The van der Waals surface area contributed by atoms with Crippen molar-refractivity contribution >= 4 is 17.7 Å². The van der Waals surface area contributed by atoms with Crippen molar-refractivity contribution in [3.05, 3.63) is 18.2 Å². The first-order valence-electron chi connectivity index (χ1n) is 6.14. The van der Waals surface area contributed by atoms with Crippen LogP contribution in [-0.2, 0) is 15.3 Å². The summed E-state index contributed by atoms with van der Waals surface area (Å²) in [7, 11) is 1.36. The van der Waals surface area contributed by atoms with Gasteiger partial charge in [-0.05, 0) is 25.0 Å². The van der Waals surface area contributed by atoms with Crippen LogP contribution >= 0.6 is 11.8 Å². The molecule has 1 saturated carbocycles. The van der Waals surface area contributed by atoms with Gasteiger partial charge in [-0.15, -0.1) is 0 Å². The molecule has 1 aliphatic rings. The van der Waals surface area contributed by atoms with Gasteiger partial charge in [0.2, 0.25) is 0 Å². The average Bonchev–Trinajstić information content (AvgIpc) is 3.13. The van der Waals surface area contributed by atoms with E-state index in [2.05, 4.69) is 14.3 Å². The van der Waals surface area contributed by atoms with Gasteiger partial charge in [-0.1, -0.05) is 0 Å². The van der Waals surface area contributed by atoms with Crippen LogP contribution in [0.15, 0.2) is 12.5 Å². The van der Waals surface area contributed by atoms with Gasteiger partial charge < -0.3 is 15.0 Å². The number of ether oxygens (including phenoxy) is 1. The van der Waals surface area contributed by atoms with Crippen molar-refractivity contribution < 1.29 is 9.53 Å². The molecule has 1 aromatic heterocycles. The number of hydrogen-bond acceptors (Lipinski definition) is 5. The summed E-state index contributed by atoms with van der Waals surface area (Å²) in [6, 6.07) is 0.163.